The van der Waals surface area contributed by atoms with Crippen molar-refractivity contribution in [2.45, 2.75) is 6.42 Å². The standard InChI is InChI=1S/C12H18N4O2S/c1-16(2)19(17,18)15-11-7-4-3-6-10(11)12-13-8-5-9-14-12/h3-4,6-7,15H,5,8-9H2,1-2H3,(H,13,14). The molecule has 1 aromatic carbocycles. The number of hydrogen-bond acceptors (Lipinski definition) is 4. The molecule has 7 heteroatoms. The normalized spacial score (nSPS) is 15.8. The smallest absolute Gasteiger partial charge is 0.301 e. The van der Waals surface area contributed by atoms with Gasteiger partial charge in [-0.3, -0.25) is 9.71 Å². The van der Waals surface area contributed by atoms with E-state index in [0.29, 0.717) is 5.69 Å². The third-order valence-corrected chi connectivity index (χ3v) is 4.24. The van der Waals surface area contributed by atoms with E-state index >= 15 is 0 Å². The largest absolute Gasteiger partial charge is 0.370 e. The maximum atomic E-state index is 11.9. The highest BCUT2D eigenvalue weighted by Crippen LogP contribution is 2.18. The molecule has 2 N–H and O–H groups in total. The zero-order chi connectivity index (χ0) is 13.9. The van der Waals surface area contributed by atoms with Gasteiger partial charge in [-0.15, -0.1) is 0 Å². The Kier molecular flexibility index (Phi) is 4.06. The number of nitrogens with one attached hydrogen (secondary N) is 2. The second-order valence-corrected chi connectivity index (χ2v) is 6.33. The molecule has 0 aliphatic carbocycles. The number of benzene rings is 1. The second-order valence-electron chi connectivity index (χ2n) is 4.45. The molecule has 1 aliphatic heterocycles. The van der Waals surface area contributed by atoms with Crippen LogP contribution < -0.4 is 10.0 Å². The zero-order valence-corrected chi connectivity index (χ0v) is 11.9. The minimum Gasteiger partial charge on any atom is -0.370 e. The number of anilines is 1. The van der Waals surface area contributed by atoms with Gasteiger partial charge < -0.3 is 5.32 Å². The van der Waals surface area contributed by atoms with E-state index < -0.39 is 10.2 Å². The Balaban J connectivity index is 2.34. The number of hydrogen-bond donors (Lipinski definition) is 2. The molecular weight excluding hydrogens is 264 g/mol. The van der Waals surface area contributed by atoms with E-state index in [-0.39, 0.29) is 0 Å². The summed E-state index contributed by atoms with van der Waals surface area (Å²) in [6.07, 6.45) is 0.995. The van der Waals surface area contributed by atoms with Crippen LogP contribution in [0.3, 0.4) is 0 Å². The SMILES string of the molecule is CN(C)S(=O)(=O)Nc1ccccc1C1=NCCCN1. The van der Waals surface area contributed by atoms with Crippen LogP contribution in [0.5, 0.6) is 0 Å². The van der Waals surface area contributed by atoms with Gasteiger partial charge in [0.1, 0.15) is 5.84 Å². The summed E-state index contributed by atoms with van der Waals surface area (Å²) in [6, 6.07) is 7.24. The fraction of sp³-hybridized carbons (Fsp3) is 0.417. The number of para-hydroxylation sites is 1. The Morgan fingerprint density at radius 2 is 2.05 bits per heavy atom. The van der Waals surface area contributed by atoms with E-state index in [4.69, 9.17) is 0 Å². The van der Waals surface area contributed by atoms with Crippen LogP contribution in [0.2, 0.25) is 0 Å². The van der Waals surface area contributed by atoms with Crippen molar-refractivity contribution < 1.29 is 8.42 Å². The van der Waals surface area contributed by atoms with Crippen molar-refractivity contribution in [2.24, 2.45) is 4.99 Å². The van der Waals surface area contributed by atoms with Gasteiger partial charge in [0.2, 0.25) is 0 Å². The monoisotopic (exact) mass is 282 g/mol. The molecule has 0 radical (unpaired) electrons. The summed E-state index contributed by atoms with van der Waals surface area (Å²) >= 11 is 0. The van der Waals surface area contributed by atoms with E-state index in [1.807, 2.05) is 12.1 Å². The average molecular weight is 282 g/mol. The molecule has 0 atom stereocenters. The predicted octanol–water partition coefficient (Wildman–Crippen LogP) is 0.645. The summed E-state index contributed by atoms with van der Waals surface area (Å²) in [4.78, 5) is 4.39. The Labute approximate surface area is 113 Å². The van der Waals surface area contributed by atoms with Crippen LogP contribution in [0.15, 0.2) is 29.3 Å². The first kappa shape index (κ1) is 13.8. The van der Waals surface area contributed by atoms with Gasteiger partial charge in [-0.2, -0.15) is 12.7 Å². The molecule has 2 rings (SSSR count). The summed E-state index contributed by atoms with van der Waals surface area (Å²) < 4.78 is 27.5. The Morgan fingerprint density at radius 3 is 2.68 bits per heavy atom. The van der Waals surface area contributed by atoms with Gasteiger partial charge in [0, 0.05) is 32.7 Å². The van der Waals surface area contributed by atoms with E-state index in [1.54, 1.807) is 12.1 Å². The molecule has 1 aliphatic rings. The predicted molar refractivity (Wildman–Crippen MR) is 76.7 cm³/mol. The van der Waals surface area contributed by atoms with E-state index in [9.17, 15) is 8.42 Å². The molecule has 0 saturated heterocycles. The molecule has 0 unspecified atom stereocenters. The van der Waals surface area contributed by atoms with Crippen molar-refractivity contribution in [3.05, 3.63) is 29.8 Å². The van der Waals surface area contributed by atoms with Gasteiger partial charge in [-0.1, -0.05) is 12.1 Å². The molecule has 6 nitrogen and oxygen atoms in total. The van der Waals surface area contributed by atoms with Crippen LogP contribution in [-0.4, -0.2) is 45.7 Å². The van der Waals surface area contributed by atoms with Gasteiger partial charge in [-0.05, 0) is 18.6 Å². The van der Waals surface area contributed by atoms with Crippen molar-refractivity contribution in [3.8, 4) is 0 Å². The van der Waals surface area contributed by atoms with Crippen LogP contribution in [0.25, 0.3) is 0 Å². The minimum atomic E-state index is -3.51. The summed E-state index contributed by atoms with van der Waals surface area (Å²) in [5, 5.41) is 3.19. The van der Waals surface area contributed by atoms with E-state index in [1.165, 1.54) is 14.1 Å². The van der Waals surface area contributed by atoms with Crippen LogP contribution >= 0.6 is 0 Å². The zero-order valence-electron chi connectivity index (χ0n) is 11.0. The highest BCUT2D eigenvalue weighted by atomic mass is 32.2. The molecule has 19 heavy (non-hydrogen) atoms. The van der Waals surface area contributed by atoms with Gasteiger partial charge in [-0.25, -0.2) is 0 Å². The van der Waals surface area contributed by atoms with E-state index in [2.05, 4.69) is 15.0 Å². The fourth-order valence-corrected chi connectivity index (χ4v) is 2.36. The van der Waals surface area contributed by atoms with Gasteiger partial charge in [0.05, 0.1) is 5.69 Å². The highest BCUT2D eigenvalue weighted by Gasteiger charge is 2.17. The number of rotatable bonds is 4. The molecule has 0 spiro atoms. The molecule has 0 aromatic heterocycles. The molecule has 1 aromatic rings. The minimum absolute atomic E-state index is 0.532. The summed E-state index contributed by atoms with van der Waals surface area (Å²) in [5.41, 5.74) is 1.30. The topological polar surface area (TPSA) is 73.8 Å². The van der Waals surface area contributed by atoms with Crippen molar-refractivity contribution in [3.63, 3.8) is 0 Å². The van der Waals surface area contributed by atoms with Crippen LogP contribution in [0.1, 0.15) is 12.0 Å². The lowest BCUT2D eigenvalue weighted by molar-refractivity contribution is 0.527. The van der Waals surface area contributed by atoms with Crippen molar-refractivity contribution in [2.75, 3.05) is 31.9 Å². The average Bonchev–Trinajstić information content (AvgIpc) is 2.40. The molecule has 0 amide bonds. The molecule has 104 valence electrons. The van der Waals surface area contributed by atoms with Crippen molar-refractivity contribution in [1.29, 1.82) is 0 Å². The lowest BCUT2D eigenvalue weighted by Crippen LogP contribution is -2.33. The highest BCUT2D eigenvalue weighted by molar-refractivity contribution is 7.90. The molecular formula is C12H18N4O2S. The summed E-state index contributed by atoms with van der Waals surface area (Å²) in [7, 11) is -0.537. The maximum absolute atomic E-state index is 11.9. The Bertz CT molecular complexity index is 581. The third-order valence-electron chi connectivity index (χ3n) is 2.80. The molecule has 1 heterocycles. The van der Waals surface area contributed by atoms with Gasteiger partial charge in [0.25, 0.3) is 0 Å². The maximum Gasteiger partial charge on any atom is 0.301 e. The Morgan fingerprint density at radius 1 is 1.32 bits per heavy atom. The lowest BCUT2D eigenvalue weighted by Gasteiger charge is -2.19. The van der Waals surface area contributed by atoms with Crippen molar-refractivity contribution >= 4 is 21.7 Å². The molecule has 0 fully saturated rings. The van der Waals surface area contributed by atoms with Crippen LogP contribution in [0.4, 0.5) is 5.69 Å². The lowest BCUT2D eigenvalue weighted by atomic mass is 10.1. The first-order chi connectivity index (χ1) is 9.00. The quantitative estimate of drug-likeness (QED) is 0.851. The van der Waals surface area contributed by atoms with Crippen molar-refractivity contribution in [1.82, 2.24) is 9.62 Å². The fourth-order valence-electron chi connectivity index (χ4n) is 1.72. The van der Waals surface area contributed by atoms with Gasteiger partial charge >= 0.3 is 10.2 Å². The number of aliphatic imine (C=N–C) groups is 1. The van der Waals surface area contributed by atoms with Crippen LogP contribution in [0, 0.1) is 0 Å². The van der Waals surface area contributed by atoms with E-state index in [0.717, 1.165) is 35.2 Å². The second kappa shape index (κ2) is 5.58. The van der Waals surface area contributed by atoms with Gasteiger partial charge in [0.15, 0.2) is 0 Å². The Hall–Kier alpha value is -1.60. The first-order valence-corrected chi connectivity index (χ1v) is 7.53. The van der Waals surface area contributed by atoms with Crippen LogP contribution in [-0.2, 0) is 10.2 Å². The number of nitrogens with zero attached hydrogens (tertiary/aromatic N) is 2. The first-order valence-electron chi connectivity index (χ1n) is 6.09. The molecule has 0 bridgehead atoms. The summed E-state index contributed by atoms with van der Waals surface area (Å²) in [5.74, 6) is 0.739. The molecule has 0 saturated carbocycles. The number of amidine groups is 1. The summed E-state index contributed by atoms with van der Waals surface area (Å²) in [6.45, 7) is 1.62. The third kappa shape index (κ3) is 3.24.